The predicted octanol–water partition coefficient (Wildman–Crippen LogP) is 12.4. The van der Waals surface area contributed by atoms with Crippen molar-refractivity contribution in [1.82, 2.24) is 4.57 Å². The van der Waals surface area contributed by atoms with Crippen LogP contribution in [0.3, 0.4) is 0 Å². The zero-order chi connectivity index (χ0) is 29.5. The number of aromatic nitrogens is 1. The van der Waals surface area contributed by atoms with E-state index < -0.39 is 0 Å². The number of furan rings is 1. The molecule has 0 bridgehead atoms. The van der Waals surface area contributed by atoms with Gasteiger partial charge in [0.2, 0.25) is 0 Å². The van der Waals surface area contributed by atoms with Gasteiger partial charge in [-0.1, -0.05) is 103 Å². The van der Waals surface area contributed by atoms with E-state index in [1.54, 1.807) is 0 Å². The van der Waals surface area contributed by atoms with Gasteiger partial charge in [0.15, 0.2) is 0 Å². The molecule has 0 radical (unpaired) electrons. The fourth-order valence-electron chi connectivity index (χ4n) is 7.08. The second kappa shape index (κ2) is 9.43. The quantitative estimate of drug-likeness (QED) is 0.200. The highest BCUT2D eigenvalue weighted by Gasteiger charge is 2.18. The van der Waals surface area contributed by atoms with Crippen LogP contribution in [-0.4, -0.2) is 4.57 Å². The summed E-state index contributed by atoms with van der Waals surface area (Å²) in [7, 11) is 0. The third-order valence-corrected chi connectivity index (χ3v) is 10.4. The van der Waals surface area contributed by atoms with Crippen molar-refractivity contribution in [3.63, 3.8) is 0 Å². The molecule has 45 heavy (non-hydrogen) atoms. The molecule has 0 saturated carbocycles. The summed E-state index contributed by atoms with van der Waals surface area (Å²) in [4.78, 5) is 0. The lowest BCUT2D eigenvalue weighted by molar-refractivity contribution is 0.669. The fraction of sp³-hybridized carbons (Fsp3) is 0. The lowest BCUT2D eigenvalue weighted by atomic mass is 9.98. The van der Waals surface area contributed by atoms with Gasteiger partial charge in [0.25, 0.3) is 0 Å². The van der Waals surface area contributed by atoms with E-state index in [4.69, 9.17) is 4.42 Å². The number of benzene rings is 7. The van der Waals surface area contributed by atoms with Crippen molar-refractivity contribution in [2.45, 2.75) is 0 Å². The lowest BCUT2D eigenvalue weighted by Crippen LogP contribution is -1.92. The molecule has 7 aromatic carbocycles. The van der Waals surface area contributed by atoms with Gasteiger partial charge in [0.1, 0.15) is 11.2 Å². The number of hydrogen-bond donors (Lipinski definition) is 0. The molecule has 0 spiro atoms. The SMILES string of the molecule is c1ccc(-n2c3ccccc3c3sc4ccc(-c5ccc(-c6ccc7c(c6)oc6ccc8ccccc8c67)cc5)cc4c32)cc1. The van der Waals surface area contributed by atoms with E-state index in [2.05, 4.69) is 156 Å². The number of fused-ring (bicyclic) bond motifs is 10. The van der Waals surface area contributed by atoms with Crippen LogP contribution in [0.4, 0.5) is 0 Å². The molecule has 0 aliphatic heterocycles. The minimum absolute atomic E-state index is 0.920. The van der Waals surface area contributed by atoms with Gasteiger partial charge in [-0.05, 0) is 81.6 Å². The summed E-state index contributed by atoms with van der Waals surface area (Å²) < 4.78 is 11.4. The predicted molar refractivity (Wildman–Crippen MR) is 192 cm³/mol. The largest absolute Gasteiger partial charge is 0.456 e. The van der Waals surface area contributed by atoms with Crippen molar-refractivity contribution in [3.8, 4) is 27.9 Å². The summed E-state index contributed by atoms with van der Waals surface area (Å²) in [5, 5.41) is 7.40. The van der Waals surface area contributed by atoms with E-state index in [-0.39, 0.29) is 0 Å². The molecule has 0 N–H and O–H groups in total. The van der Waals surface area contributed by atoms with E-state index in [9.17, 15) is 0 Å². The van der Waals surface area contributed by atoms with Crippen molar-refractivity contribution in [2.24, 2.45) is 0 Å². The second-order valence-corrected chi connectivity index (χ2v) is 12.8. The highest BCUT2D eigenvalue weighted by atomic mass is 32.1. The average molecular weight is 592 g/mol. The highest BCUT2D eigenvalue weighted by molar-refractivity contribution is 7.26. The van der Waals surface area contributed by atoms with Crippen LogP contribution >= 0.6 is 11.3 Å². The van der Waals surface area contributed by atoms with Gasteiger partial charge in [-0.25, -0.2) is 0 Å². The Balaban J connectivity index is 1.07. The van der Waals surface area contributed by atoms with Crippen molar-refractivity contribution < 1.29 is 4.42 Å². The van der Waals surface area contributed by atoms with Gasteiger partial charge in [-0.2, -0.15) is 0 Å². The van der Waals surface area contributed by atoms with E-state index in [1.807, 2.05) is 11.3 Å². The van der Waals surface area contributed by atoms with Crippen LogP contribution in [0.25, 0.3) is 91.9 Å². The third kappa shape index (κ3) is 3.68. The summed E-state index contributed by atoms with van der Waals surface area (Å²) in [5.74, 6) is 0. The Kier molecular flexibility index (Phi) is 5.19. The third-order valence-electron chi connectivity index (χ3n) is 9.20. The molecular formula is C42H25NOS. The Labute approximate surface area is 263 Å². The Morgan fingerprint density at radius 1 is 0.467 bits per heavy atom. The Hall–Kier alpha value is -5.64. The Morgan fingerprint density at radius 3 is 2.00 bits per heavy atom. The number of para-hydroxylation sites is 2. The molecule has 2 nitrogen and oxygen atoms in total. The first-order valence-electron chi connectivity index (χ1n) is 15.3. The van der Waals surface area contributed by atoms with Crippen LogP contribution in [0, 0.1) is 0 Å². The number of hydrogen-bond acceptors (Lipinski definition) is 2. The summed E-state index contributed by atoms with van der Waals surface area (Å²) in [5.41, 5.74) is 10.3. The highest BCUT2D eigenvalue weighted by Crippen LogP contribution is 2.44. The molecule has 0 saturated heterocycles. The van der Waals surface area contributed by atoms with Crippen LogP contribution in [0.15, 0.2) is 156 Å². The number of rotatable bonds is 3. The van der Waals surface area contributed by atoms with Gasteiger partial charge >= 0.3 is 0 Å². The van der Waals surface area contributed by atoms with Gasteiger partial charge in [-0.3, -0.25) is 0 Å². The summed E-state index contributed by atoms with van der Waals surface area (Å²) in [6.07, 6.45) is 0. The summed E-state index contributed by atoms with van der Waals surface area (Å²) in [6, 6.07) is 54.6. The smallest absolute Gasteiger partial charge is 0.136 e. The number of nitrogens with zero attached hydrogens (tertiary/aromatic N) is 1. The van der Waals surface area contributed by atoms with Crippen molar-refractivity contribution in [2.75, 3.05) is 0 Å². The van der Waals surface area contributed by atoms with E-state index in [0.29, 0.717) is 0 Å². The first-order valence-corrected chi connectivity index (χ1v) is 16.1. The molecule has 3 heterocycles. The van der Waals surface area contributed by atoms with Crippen molar-refractivity contribution in [3.05, 3.63) is 152 Å². The maximum Gasteiger partial charge on any atom is 0.136 e. The zero-order valence-corrected chi connectivity index (χ0v) is 25.0. The van der Waals surface area contributed by atoms with Gasteiger partial charge in [-0.15, -0.1) is 11.3 Å². The van der Waals surface area contributed by atoms with Crippen LogP contribution < -0.4 is 0 Å². The molecule has 210 valence electrons. The molecule has 0 unspecified atom stereocenters. The molecule has 0 aliphatic carbocycles. The number of thiophene rings is 1. The van der Waals surface area contributed by atoms with Gasteiger partial charge < -0.3 is 8.98 Å². The van der Waals surface area contributed by atoms with Crippen LogP contribution in [0.5, 0.6) is 0 Å². The fourth-order valence-corrected chi connectivity index (χ4v) is 8.28. The zero-order valence-electron chi connectivity index (χ0n) is 24.2. The molecule has 10 rings (SSSR count). The van der Waals surface area contributed by atoms with Crippen LogP contribution in [0.2, 0.25) is 0 Å². The minimum atomic E-state index is 0.920. The maximum atomic E-state index is 6.35. The molecule has 3 heteroatoms. The van der Waals surface area contributed by atoms with E-state index in [1.165, 1.54) is 69.7 Å². The molecule has 10 aromatic rings. The topological polar surface area (TPSA) is 18.1 Å². The molecule has 0 fully saturated rings. The van der Waals surface area contributed by atoms with E-state index in [0.717, 1.165) is 22.1 Å². The van der Waals surface area contributed by atoms with Gasteiger partial charge in [0, 0.05) is 31.9 Å². The Morgan fingerprint density at radius 2 is 1.16 bits per heavy atom. The lowest BCUT2D eigenvalue weighted by Gasteiger charge is -2.09. The van der Waals surface area contributed by atoms with Crippen LogP contribution in [0.1, 0.15) is 0 Å². The second-order valence-electron chi connectivity index (χ2n) is 11.7. The molecular weight excluding hydrogens is 567 g/mol. The van der Waals surface area contributed by atoms with Gasteiger partial charge in [0.05, 0.1) is 15.7 Å². The average Bonchev–Trinajstić information content (AvgIpc) is 3.77. The maximum absolute atomic E-state index is 6.35. The monoisotopic (exact) mass is 591 g/mol. The minimum Gasteiger partial charge on any atom is -0.456 e. The Bertz CT molecular complexity index is 2740. The van der Waals surface area contributed by atoms with Crippen molar-refractivity contribution in [1.29, 1.82) is 0 Å². The molecule has 0 atom stereocenters. The first-order chi connectivity index (χ1) is 22.3. The summed E-state index contributed by atoms with van der Waals surface area (Å²) >= 11 is 1.88. The normalized spacial score (nSPS) is 12.0. The van der Waals surface area contributed by atoms with Crippen molar-refractivity contribution >= 4 is 75.3 Å². The standard InChI is InChI=1S/C42H25NOS/c1-2-9-31(10-3-1)43-36-13-7-6-12-33(36)42-41(43)35-24-29(20-23-39(35)45-42)26-14-16-27(17-15-26)30-18-21-34-38(25-30)44-37-22-19-28-8-4-5-11-32(28)40(34)37/h1-25H. The van der Waals surface area contributed by atoms with Crippen LogP contribution in [-0.2, 0) is 0 Å². The molecule has 3 aromatic heterocycles. The first kappa shape index (κ1) is 24.8. The molecule has 0 amide bonds. The molecule has 0 aliphatic rings. The summed E-state index contributed by atoms with van der Waals surface area (Å²) in [6.45, 7) is 0. The van der Waals surface area contributed by atoms with E-state index >= 15 is 0 Å².